The summed E-state index contributed by atoms with van der Waals surface area (Å²) < 4.78 is 39.1. The molecule has 5 rings (SSSR count). The van der Waals surface area contributed by atoms with E-state index in [1.165, 1.54) is 0 Å². The van der Waals surface area contributed by atoms with Crippen LogP contribution in [0.1, 0.15) is 61.1 Å². The van der Waals surface area contributed by atoms with Crippen LogP contribution >= 0.6 is 11.6 Å². The van der Waals surface area contributed by atoms with Crippen LogP contribution in [0.15, 0.2) is 116 Å². The van der Waals surface area contributed by atoms with Gasteiger partial charge in [0.05, 0.1) is 37.1 Å². The van der Waals surface area contributed by atoms with Gasteiger partial charge in [0, 0.05) is 11.5 Å². The number of halogens is 1. The van der Waals surface area contributed by atoms with Gasteiger partial charge in [-0.2, -0.15) is 0 Å². The van der Waals surface area contributed by atoms with E-state index in [0.29, 0.717) is 42.8 Å². The zero-order chi connectivity index (χ0) is 35.3. The summed E-state index contributed by atoms with van der Waals surface area (Å²) in [7, 11) is 0. The summed E-state index contributed by atoms with van der Waals surface area (Å²) in [6.45, 7) is 16.0. The van der Waals surface area contributed by atoms with Gasteiger partial charge in [0.15, 0.2) is 11.5 Å². The summed E-state index contributed by atoms with van der Waals surface area (Å²) in [6, 6.07) is 30.5. The van der Waals surface area contributed by atoms with E-state index in [1.807, 2.05) is 55.5 Å². The standard InChI is InChI=1S/C43H49ClO6/c1-6-24-46-40-36(27-34(38(44)42(40)47-25-7-2)26-31-20-22-35(23-21-31)45-9-4)41-43(49-29-33-18-14-11-15-19-33)39(30(5)37(8-3)50-41)48-28-32-16-12-10-13-17-32/h6-7,10-23,27,30,37,39,41,43H,1-2,8-9,24-26,28-29H2,3-5H3/t30-,37-,39+,41+,43-/m1/s1. The van der Waals surface area contributed by atoms with Crippen LogP contribution in [0.4, 0.5) is 0 Å². The average Bonchev–Trinajstić information content (AvgIpc) is 3.15. The maximum atomic E-state index is 7.19. The van der Waals surface area contributed by atoms with Crippen molar-refractivity contribution in [2.45, 2.75) is 71.2 Å². The van der Waals surface area contributed by atoms with Gasteiger partial charge in [0.1, 0.15) is 31.2 Å². The third-order valence-corrected chi connectivity index (χ3v) is 9.34. The zero-order valence-corrected chi connectivity index (χ0v) is 30.1. The maximum Gasteiger partial charge on any atom is 0.180 e. The van der Waals surface area contributed by atoms with E-state index >= 15 is 0 Å². The third kappa shape index (κ3) is 9.37. The van der Waals surface area contributed by atoms with Crippen molar-refractivity contribution >= 4 is 11.6 Å². The molecule has 5 atom stereocenters. The van der Waals surface area contributed by atoms with E-state index in [-0.39, 0.29) is 31.3 Å². The SMILES string of the molecule is C=CCOc1c([C@@H]2O[C@H](CC)[C@@H](C)[C@H](OCc3ccccc3)[C@H]2OCc2ccccc2)cc(Cc2ccc(OCC)cc2)c(Cl)c1OCC=C. The first-order valence-electron chi connectivity index (χ1n) is 17.5. The Morgan fingerprint density at radius 2 is 1.30 bits per heavy atom. The normalized spacial score (nSPS) is 20.2. The second-order valence-corrected chi connectivity index (χ2v) is 12.8. The van der Waals surface area contributed by atoms with Crippen molar-refractivity contribution < 1.29 is 28.4 Å². The van der Waals surface area contributed by atoms with Gasteiger partial charge in [0.25, 0.3) is 0 Å². The van der Waals surface area contributed by atoms with Gasteiger partial charge < -0.3 is 28.4 Å². The van der Waals surface area contributed by atoms with Crippen LogP contribution < -0.4 is 14.2 Å². The molecule has 1 fully saturated rings. The van der Waals surface area contributed by atoms with Gasteiger partial charge in [0.2, 0.25) is 0 Å². The molecule has 264 valence electrons. The topological polar surface area (TPSA) is 55.4 Å². The van der Waals surface area contributed by atoms with Gasteiger partial charge in [-0.1, -0.05) is 124 Å². The van der Waals surface area contributed by atoms with Crippen molar-refractivity contribution in [1.29, 1.82) is 0 Å². The Kier molecular flexibility index (Phi) is 14.0. The zero-order valence-electron chi connectivity index (χ0n) is 29.4. The smallest absolute Gasteiger partial charge is 0.180 e. The van der Waals surface area contributed by atoms with Crippen LogP contribution in [-0.4, -0.2) is 38.1 Å². The van der Waals surface area contributed by atoms with Gasteiger partial charge >= 0.3 is 0 Å². The van der Waals surface area contributed by atoms with Gasteiger partial charge in [-0.3, -0.25) is 0 Å². The lowest BCUT2D eigenvalue weighted by Crippen LogP contribution is -2.51. The number of hydrogen-bond acceptors (Lipinski definition) is 6. The molecule has 4 aromatic carbocycles. The number of rotatable bonds is 18. The molecule has 4 aromatic rings. The molecule has 0 aliphatic carbocycles. The molecule has 7 heteroatoms. The molecule has 1 heterocycles. The summed E-state index contributed by atoms with van der Waals surface area (Å²) >= 11 is 7.19. The van der Waals surface area contributed by atoms with Crippen molar-refractivity contribution in [2.75, 3.05) is 19.8 Å². The van der Waals surface area contributed by atoms with Crippen molar-refractivity contribution in [3.63, 3.8) is 0 Å². The van der Waals surface area contributed by atoms with Gasteiger partial charge in [-0.05, 0) is 60.2 Å². The van der Waals surface area contributed by atoms with Gasteiger partial charge in [-0.25, -0.2) is 0 Å². The molecule has 0 bridgehead atoms. The molecule has 1 aliphatic rings. The monoisotopic (exact) mass is 696 g/mol. The van der Waals surface area contributed by atoms with E-state index in [2.05, 4.69) is 69.5 Å². The lowest BCUT2D eigenvalue weighted by atomic mass is 9.83. The Morgan fingerprint density at radius 1 is 0.720 bits per heavy atom. The minimum Gasteiger partial charge on any atom is -0.494 e. The quantitative estimate of drug-likeness (QED) is 0.0966. The molecular formula is C43H49ClO6. The van der Waals surface area contributed by atoms with Crippen LogP contribution in [0, 0.1) is 5.92 Å². The lowest BCUT2D eigenvalue weighted by Gasteiger charge is -2.46. The molecule has 50 heavy (non-hydrogen) atoms. The Hall–Kier alpha value is -4.07. The fourth-order valence-corrected chi connectivity index (χ4v) is 6.70. The summed E-state index contributed by atoms with van der Waals surface area (Å²) in [5, 5.41) is 0.471. The van der Waals surface area contributed by atoms with E-state index in [0.717, 1.165) is 40.0 Å². The first-order valence-corrected chi connectivity index (χ1v) is 17.9. The van der Waals surface area contributed by atoms with E-state index in [1.54, 1.807) is 12.2 Å². The fraction of sp³-hybridized carbons (Fsp3) is 0.349. The van der Waals surface area contributed by atoms with E-state index in [9.17, 15) is 0 Å². The van der Waals surface area contributed by atoms with Crippen molar-refractivity contribution in [2.24, 2.45) is 5.92 Å². The molecule has 1 aliphatic heterocycles. The predicted octanol–water partition coefficient (Wildman–Crippen LogP) is 10.1. The second kappa shape index (κ2) is 18.8. The van der Waals surface area contributed by atoms with Crippen LogP contribution in [-0.2, 0) is 33.8 Å². The average molecular weight is 697 g/mol. The van der Waals surface area contributed by atoms with E-state index in [4.69, 9.17) is 40.0 Å². The highest BCUT2D eigenvalue weighted by atomic mass is 35.5. The first kappa shape index (κ1) is 37.2. The highest BCUT2D eigenvalue weighted by Crippen LogP contribution is 2.49. The minimum absolute atomic E-state index is 0.0467. The minimum atomic E-state index is -0.567. The highest BCUT2D eigenvalue weighted by Gasteiger charge is 2.47. The molecule has 1 saturated heterocycles. The summed E-state index contributed by atoms with van der Waals surface area (Å²) in [4.78, 5) is 0. The Labute approximate surface area is 302 Å². The highest BCUT2D eigenvalue weighted by molar-refractivity contribution is 6.33. The number of hydrogen-bond donors (Lipinski definition) is 0. The van der Waals surface area contributed by atoms with Crippen LogP contribution in [0.5, 0.6) is 17.2 Å². The molecule has 0 aromatic heterocycles. The van der Waals surface area contributed by atoms with Crippen molar-refractivity contribution in [1.82, 2.24) is 0 Å². The molecule has 6 nitrogen and oxygen atoms in total. The molecular weight excluding hydrogens is 648 g/mol. The van der Waals surface area contributed by atoms with Crippen LogP contribution in [0.25, 0.3) is 0 Å². The largest absolute Gasteiger partial charge is 0.494 e. The number of benzene rings is 4. The molecule has 0 N–H and O–H groups in total. The summed E-state index contributed by atoms with van der Waals surface area (Å²) in [5.74, 6) is 1.80. The Bertz CT molecular complexity index is 1640. The molecule has 0 radical (unpaired) electrons. The predicted molar refractivity (Wildman–Crippen MR) is 200 cm³/mol. The molecule has 0 saturated carbocycles. The summed E-state index contributed by atoms with van der Waals surface area (Å²) in [6.07, 6.45) is 3.29. The van der Waals surface area contributed by atoms with Crippen molar-refractivity contribution in [3.05, 3.63) is 149 Å². The number of ether oxygens (including phenoxy) is 6. The van der Waals surface area contributed by atoms with Crippen LogP contribution in [0.2, 0.25) is 5.02 Å². The lowest BCUT2D eigenvalue weighted by molar-refractivity contribution is -0.235. The third-order valence-electron chi connectivity index (χ3n) is 8.93. The Balaban J connectivity index is 1.63. The van der Waals surface area contributed by atoms with Gasteiger partial charge in [-0.15, -0.1) is 0 Å². The summed E-state index contributed by atoms with van der Waals surface area (Å²) in [5.41, 5.74) is 4.88. The van der Waals surface area contributed by atoms with E-state index < -0.39 is 12.2 Å². The Morgan fingerprint density at radius 3 is 1.86 bits per heavy atom. The molecule has 0 spiro atoms. The molecule has 0 unspecified atom stereocenters. The van der Waals surface area contributed by atoms with Crippen molar-refractivity contribution in [3.8, 4) is 17.2 Å². The second-order valence-electron chi connectivity index (χ2n) is 12.4. The van der Waals surface area contributed by atoms with Crippen LogP contribution in [0.3, 0.4) is 0 Å². The fourth-order valence-electron chi connectivity index (χ4n) is 6.44. The first-order chi connectivity index (χ1) is 24.5. The molecule has 0 amide bonds. The maximum absolute atomic E-state index is 7.19.